The van der Waals surface area contributed by atoms with Crippen LogP contribution in [0.15, 0.2) is 36.4 Å². The van der Waals surface area contributed by atoms with Gasteiger partial charge in [-0.05, 0) is 38.1 Å². The predicted octanol–water partition coefficient (Wildman–Crippen LogP) is 2.62. The zero-order valence-corrected chi connectivity index (χ0v) is 12.3. The van der Waals surface area contributed by atoms with Crippen LogP contribution in [0.5, 0.6) is 0 Å². The van der Waals surface area contributed by atoms with Crippen LogP contribution in [-0.4, -0.2) is 36.1 Å². The largest absolute Gasteiger partial charge is 0.469 e. The summed E-state index contributed by atoms with van der Waals surface area (Å²) in [5.41, 5.74) is 2.13. The maximum absolute atomic E-state index is 11.5. The molecule has 0 unspecified atom stereocenters. The van der Waals surface area contributed by atoms with E-state index in [1.54, 1.807) is 0 Å². The lowest BCUT2D eigenvalue weighted by Gasteiger charge is -2.30. The van der Waals surface area contributed by atoms with Gasteiger partial charge in [0.2, 0.25) is 0 Å². The van der Waals surface area contributed by atoms with Crippen molar-refractivity contribution in [2.45, 2.75) is 19.4 Å². The molecule has 0 aliphatic carbocycles. The van der Waals surface area contributed by atoms with Crippen molar-refractivity contribution in [1.82, 2.24) is 9.88 Å². The summed E-state index contributed by atoms with van der Waals surface area (Å²) < 4.78 is 4.82. The molecule has 0 atom stereocenters. The van der Waals surface area contributed by atoms with Gasteiger partial charge in [0, 0.05) is 11.9 Å². The second-order valence-electron chi connectivity index (χ2n) is 5.57. The summed E-state index contributed by atoms with van der Waals surface area (Å²) >= 11 is 0. The fraction of sp³-hybridized carbons (Fsp3) is 0.412. The molecule has 2 heterocycles. The third kappa shape index (κ3) is 3.22. The number of hydrogen-bond donors (Lipinski definition) is 0. The van der Waals surface area contributed by atoms with E-state index in [4.69, 9.17) is 9.72 Å². The number of likely N-dealkylation sites (tertiary alicyclic amines) is 1. The fourth-order valence-corrected chi connectivity index (χ4v) is 2.92. The van der Waals surface area contributed by atoms with Crippen LogP contribution < -0.4 is 0 Å². The number of methoxy groups -OCH3 is 1. The number of pyridine rings is 1. The molecule has 1 aromatic heterocycles. The molecule has 0 bridgehead atoms. The molecule has 1 aromatic carbocycles. The lowest BCUT2D eigenvalue weighted by molar-refractivity contribution is -0.147. The van der Waals surface area contributed by atoms with E-state index in [1.165, 1.54) is 12.5 Å². The summed E-state index contributed by atoms with van der Waals surface area (Å²) in [4.78, 5) is 18.6. The SMILES string of the molecule is COC(=O)C1CCN(Cc2ccc3ccccc3n2)CC1. The number of rotatable bonds is 3. The van der Waals surface area contributed by atoms with Crippen LogP contribution in [0.25, 0.3) is 10.9 Å². The lowest BCUT2D eigenvalue weighted by atomic mass is 9.97. The van der Waals surface area contributed by atoms with Crippen LogP contribution in [0.1, 0.15) is 18.5 Å². The molecule has 0 radical (unpaired) electrons. The van der Waals surface area contributed by atoms with E-state index in [0.29, 0.717) is 0 Å². The molecule has 110 valence electrons. The molecule has 4 nitrogen and oxygen atoms in total. The zero-order valence-electron chi connectivity index (χ0n) is 12.3. The molecule has 0 saturated carbocycles. The smallest absolute Gasteiger partial charge is 0.308 e. The monoisotopic (exact) mass is 284 g/mol. The summed E-state index contributed by atoms with van der Waals surface area (Å²) in [5.74, 6) is -0.00528. The van der Waals surface area contributed by atoms with Crippen molar-refractivity contribution >= 4 is 16.9 Å². The van der Waals surface area contributed by atoms with Crippen molar-refractivity contribution in [3.8, 4) is 0 Å². The summed E-state index contributed by atoms with van der Waals surface area (Å²) in [5, 5.41) is 1.17. The Labute approximate surface area is 124 Å². The van der Waals surface area contributed by atoms with Gasteiger partial charge in [0.05, 0.1) is 24.2 Å². The number of aromatic nitrogens is 1. The van der Waals surface area contributed by atoms with Gasteiger partial charge in [0.1, 0.15) is 0 Å². The zero-order chi connectivity index (χ0) is 14.7. The van der Waals surface area contributed by atoms with E-state index >= 15 is 0 Å². The van der Waals surface area contributed by atoms with Crippen molar-refractivity contribution in [1.29, 1.82) is 0 Å². The molecule has 0 spiro atoms. The first kappa shape index (κ1) is 14.0. The van der Waals surface area contributed by atoms with Crippen molar-refractivity contribution in [3.63, 3.8) is 0 Å². The predicted molar refractivity (Wildman–Crippen MR) is 81.8 cm³/mol. The van der Waals surface area contributed by atoms with Crippen LogP contribution >= 0.6 is 0 Å². The van der Waals surface area contributed by atoms with Gasteiger partial charge in [-0.15, -0.1) is 0 Å². The van der Waals surface area contributed by atoms with Crippen molar-refractivity contribution in [2.75, 3.05) is 20.2 Å². The number of fused-ring (bicyclic) bond motifs is 1. The molecule has 1 aliphatic rings. The first-order chi connectivity index (χ1) is 10.3. The number of para-hydroxylation sites is 1. The van der Waals surface area contributed by atoms with Crippen molar-refractivity contribution < 1.29 is 9.53 Å². The standard InChI is InChI=1S/C17H20N2O2/c1-21-17(20)14-8-10-19(11-9-14)12-15-7-6-13-4-2-3-5-16(13)18-15/h2-7,14H,8-12H2,1H3. The van der Waals surface area contributed by atoms with E-state index in [2.05, 4.69) is 23.1 Å². The third-order valence-corrected chi connectivity index (χ3v) is 4.16. The summed E-state index contributed by atoms with van der Waals surface area (Å²) in [6.45, 7) is 2.70. The minimum atomic E-state index is -0.0709. The van der Waals surface area contributed by atoms with Gasteiger partial charge in [-0.1, -0.05) is 24.3 Å². The van der Waals surface area contributed by atoms with E-state index < -0.39 is 0 Å². The Balaban J connectivity index is 1.63. The number of carbonyl (C=O) groups excluding carboxylic acids is 1. The molecule has 4 heteroatoms. The molecular formula is C17H20N2O2. The molecule has 2 aromatic rings. The average Bonchev–Trinajstić information content (AvgIpc) is 2.55. The number of benzene rings is 1. The number of piperidine rings is 1. The second kappa shape index (κ2) is 6.22. The Hall–Kier alpha value is -1.94. The Morgan fingerprint density at radius 2 is 2.00 bits per heavy atom. The number of nitrogens with zero attached hydrogens (tertiary/aromatic N) is 2. The quantitative estimate of drug-likeness (QED) is 0.813. The van der Waals surface area contributed by atoms with Crippen LogP contribution in [0.2, 0.25) is 0 Å². The second-order valence-corrected chi connectivity index (χ2v) is 5.57. The van der Waals surface area contributed by atoms with Gasteiger partial charge in [-0.25, -0.2) is 0 Å². The molecule has 21 heavy (non-hydrogen) atoms. The van der Waals surface area contributed by atoms with E-state index in [1.807, 2.05) is 18.2 Å². The molecular weight excluding hydrogens is 264 g/mol. The molecule has 3 rings (SSSR count). The van der Waals surface area contributed by atoms with Gasteiger partial charge in [-0.3, -0.25) is 14.7 Å². The average molecular weight is 284 g/mol. The number of esters is 1. The van der Waals surface area contributed by atoms with Crippen molar-refractivity contribution in [2.24, 2.45) is 5.92 Å². The third-order valence-electron chi connectivity index (χ3n) is 4.16. The number of hydrogen-bond acceptors (Lipinski definition) is 4. The Morgan fingerprint density at radius 3 is 2.76 bits per heavy atom. The van der Waals surface area contributed by atoms with Crippen LogP contribution in [0, 0.1) is 5.92 Å². The van der Waals surface area contributed by atoms with Crippen LogP contribution in [0.4, 0.5) is 0 Å². The van der Waals surface area contributed by atoms with Crippen molar-refractivity contribution in [3.05, 3.63) is 42.1 Å². The Kier molecular flexibility index (Phi) is 4.15. The first-order valence-electron chi connectivity index (χ1n) is 7.41. The van der Waals surface area contributed by atoms with Crippen LogP contribution in [-0.2, 0) is 16.1 Å². The molecule has 0 N–H and O–H groups in total. The summed E-state index contributed by atoms with van der Waals surface area (Å²) in [6.07, 6.45) is 1.75. The highest BCUT2D eigenvalue weighted by Crippen LogP contribution is 2.20. The van der Waals surface area contributed by atoms with Gasteiger partial charge >= 0.3 is 5.97 Å². The van der Waals surface area contributed by atoms with Gasteiger partial charge in [0.25, 0.3) is 0 Å². The maximum Gasteiger partial charge on any atom is 0.308 e. The first-order valence-corrected chi connectivity index (χ1v) is 7.41. The maximum atomic E-state index is 11.5. The fourth-order valence-electron chi connectivity index (χ4n) is 2.92. The minimum absolute atomic E-state index is 0.0656. The Morgan fingerprint density at radius 1 is 1.24 bits per heavy atom. The highest BCUT2D eigenvalue weighted by molar-refractivity contribution is 5.78. The molecule has 1 fully saturated rings. The Bertz CT molecular complexity index is 633. The number of carbonyl (C=O) groups is 1. The molecule has 1 aliphatic heterocycles. The molecule has 0 amide bonds. The van der Waals surface area contributed by atoms with Gasteiger partial charge in [0.15, 0.2) is 0 Å². The minimum Gasteiger partial charge on any atom is -0.469 e. The summed E-state index contributed by atoms with van der Waals surface area (Å²) in [7, 11) is 1.47. The molecule has 1 saturated heterocycles. The van der Waals surface area contributed by atoms with Gasteiger partial charge < -0.3 is 4.74 Å². The van der Waals surface area contributed by atoms with E-state index in [-0.39, 0.29) is 11.9 Å². The highest BCUT2D eigenvalue weighted by atomic mass is 16.5. The normalized spacial score (nSPS) is 17.0. The van der Waals surface area contributed by atoms with E-state index in [0.717, 1.165) is 43.7 Å². The number of ether oxygens (including phenoxy) is 1. The highest BCUT2D eigenvalue weighted by Gasteiger charge is 2.25. The topological polar surface area (TPSA) is 42.4 Å². The van der Waals surface area contributed by atoms with Gasteiger partial charge in [-0.2, -0.15) is 0 Å². The summed E-state index contributed by atoms with van der Waals surface area (Å²) in [6, 6.07) is 12.4. The lowest BCUT2D eigenvalue weighted by Crippen LogP contribution is -2.36. The van der Waals surface area contributed by atoms with E-state index in [9.17, 15) is 4.79 Å². The van der Waals surface area contributed by atoms with Crippen LogP contribution in [0.3, 0.4) is 0 Å².